The molecule has 0 amide bonds. The van der Waals surface area contributed by atoms with Crippen molar-refractivity contribution in [3.05, 3.63) is 30.1 Å². The number of ether oxygens (including phenoxy) is 2. The number of aromatic nitrogens is 2. The summed E-state index contributed by atoms with van der Waals surface area (Å²) >= 11 is 0. The zero-order valence-electron chi connectivity index (χ0n) is 9.34. The fourth-order valence-electron chi connectivity index (χ4n) is 1.77. The Morgan fingerprint density at radius 2 is 2.06 bits per heavy atom. The lowest BCUT2D eigenvalue weighted by atomic mass is 10.2. The Hall–Kier alpha value is -2.50. The predicted octanol–water partition coefficient (Wildman–Crippen LogP) is 1.55. The molecule has 2 heterocycles. The van der Waals surface area contributed by atoms with Gasteiger partial charge in [0.25, 0.3) is 0 Å². The third-order valence-electron chi connectivity index (χ3n) is 2.62. The van der Waals surface area contributed by atoms with Crippen molar-refractivity contribution in [1.29, 1.82) is 0 Å². The van der Waals surface area contributed by atoms with Crippen molar-refractivity contribution in [3.8, 4) is 22.9 Å². The van der Waals surface area contributed by atoms with Gasteiger partial charge in [0.2, 0.25) is 0 Å². The number of carboxylic acid groups (broad SMARTS) is 1. The van der Waals surface area contributed by atoms with E-state index in [4.69, 9.17) is 14.6 Å². The summed E-state index contributed by atoms with van der Waals surface area (Å²) in [6, 6.07) is 5.36. The second-order valence-corrected chi connectivity index (χ2v) is 3.81. The summed E-state index contributed by atoms with van der Waals surface area (Å²) in [6.07, 6.45) is 1.29. The van der Waals surface area contributed by atoms with Crippen LogP contribution < -0.4 is 9.47 Å². The molecule has 1 aromatic heterocycles. The molecule has 6 heteroatoms. The Bertz CT molecular complexity index is 606. The van der Waals surface area contributed by atoms with E-state index in [9.17, 15) is 4.79 Å². The fraction of sp³-hybridized carbons (Fsp3) is 0.167. The first-order valence-corrected chi connectivity index (χ1v) is 5.42. The minimum atomic E-state index is -1.04. The maximum Gasteiger partial charge on any atom is 0.353 e. The molecule has 1 aliphatic rings. The van der Waals surface area contributed by atoms with Crippen molar-refractivity contribution in [3.63, 3.8) is 0 Å². The van der Waals surface area contributed by atoms with E-state index in [1.807, 2.05) is 0 Å². The smallest absolute Gasteiger partial charge is 0.353 e. The molecule has 0 bridgehead atoms. The standard InChI is InChI=1S/C12H10N2O4/c15-12(16)8-6-13-11(14-8)7-1-2-9-10(5-7)18-4-3-17-9/h1-2,5-6H,3-4H2,(H,13,14)(H,15,16). The van der Waals surface area contributed by atoms with Gasteiger partial charge in [0.15, 0.2) is 11.5 Å². The highest BCUT2D eigenvalue weighted by atomic mass is 16.6. The van der Waals surface area contributed by atoms with Crippen molar-refractivity contribution in [2.75, 3.05) is 13.2 Å². The Kier molecular flexibility index (Phi) is 2.40. The molecular formula is C12H10N2O4. The van der Waals surface area contributed by atoms with E-state index >= 15 is 0 Å². The molecule has 0 fully saturated rings. The van der Waals surface area contributed by atoms with Gasteiger partial charge in [-0.25, -0.2) is 9.78 Å². The SMILES string of the molecule is O=C(O)c1cnc(-c2ccc3c(c2)OCCO3)[nH]1. The van der Waals surface area contributed by atoms with E-state index in [2.05, 4.69) is 9.97 Å². The monoisotopic (exact) mass is 246 g/mol. The van der Waals surface area contributed by atoms with Gasteiger partial charge in [-0.05, 0) is 18.2 Å². The topological polar surface area (TPSA) is 84.4 Å². The quantitative estimate of drug-likeness (QED) is 0.839. The zero-order chi connectivity index (χ0) is 12.5. The first kappa shape index (κ1) is 10.6. The maximum absolute atomic E-state index is 10.8. The minimum absolute atomic E-state index is 0.0555. The maximum atomic E-state index is 10.8. The average Bonchev–Trinajstić information content (AvgIpc) is 2.88. The summed E-state index contributed by atoms with van der Waals surface area (Å²) in [4.78, 5) is 17.5. The van der Waals surface area contributed by atoms with Crippen molar-refractivity contribution in [2.45, 2.75) is 0 Å². The number of hydrogen-bond acceptors (Lipinski definition) is 4. The van der Waals surface area contributed by atoms with Gasteiger partial charge < -0.3 is 19.6 Å². The van der Waals surface area contributed by atoms with E-state index in [1.165, 1.54) is 6.20 Å². The lowest BCUT2D eigenvalue weighted by Crippen LogP contribution is -2.15. The Morgan fingerprint density at radius 3 is 2.78 bits per heavy atom. The van der Waals surface area contributed by atoms with E-state index < -0.39 is 5.97 Å². The van der Waals surface area contributed by atoms with Crippen LogP contribution >= 0.6 is 0 Å². The van der Waals surface area contributed by atoms with Crippen molar-refractivity contribution >= 4 is 5.97 Å². The molecule has 3 rings (SSSR count). The molecule has 0 unspecified atom stereocenters. The summed E-state index contributed by atoms with van der Waals surface area (Å²) in [5.74, 6) is 0.790. The van der Waals surface area contributed by atoms with Crippen molar-refractivity contribution < 1.29 is 19.4 Å². The second kappa shape index (κ2) is 4.06. The number of rotatable bonds is 2. The molecule has 1 aromatic carbocycles. The molecular weight excluding hydrogens is 236 g/mol. The van der Waals surface area contributed by atoms with E-state index in [1.54, 1.807) is 18.2 Å². The van der Waals surface area contributed by atoms with Crippen LogP contribution in [0.3, 0.4) is 0 Å². The molecule has 0 saturated heterocycles. The molecule has 0 aliphatic carbocycles. The van der Waals surface area contributed by atoms with Gasteiger partial charge >= 0.3 is 5.97 Å². The molecule has 1 aliphatic heterocycles. The second-order valence-electron chi connectivity index (χ2n) is 3.81. The van der Waals surface area contributed by atoms with Crippen LogP contribution in [-0.4, -0.2) is 34.3 Å². The highest BCUT2D eigenvalue weighted by Crippen LogP contribution is 2.33. The summed E-state index contributed by atoms with van der Waals surface area (Å²) in [6.45, 7) is 1.05. The highest BCUT2D eigenvalue weighted by Gasteiger charge is 2.14. The number of aromatic carboxylic acids is 1. The van der Waals surface area contributed by atoms with Gasteiger partial charge in [0.05, 0.1) is 6.20 Å². The summed E-state index contributed by atoms with van der Waals surface area (Å²) < 4.78 is 10.9. The van der Waals surface area contributed by atoms with E-state index in [0.717, 1.165) is 5.56 Å². The van der Waals surface area contributed by atoms with Crippen LogP contribution in [0.1, 0.15) is 10.5 Å². The molecule has 0 radical (unpaired) electrons. The number of carboxylic acids is 1. The van der Waals surface area contributed by atoms with Gasteiger partial charge in [-0.2, -0.15) is 0 Å². The van der Waals surface area contributed by atoms with Crippen LogP contribution in [0.4, 0.5) is 0 Å². The molecule has 92 valence electrons. The van der Waals surface area contributed by atoms with E-state index in [-0.39, 0.29) is 5.69 Å². The number of benzene rings is 1. The van der Waals surface area contributed by atoms with Gasteiger partial charge in [-0.15, -0.1) is 0 Å². The number of nitrogens with one attached hydrogen (secondary N) is 1. The predicted molar refractivity (Wildman–Crippen MR) is 62.0 cm³/mol. The number of H-pyrrole nitrogens is 1. The Morgan fingerprint density at radius 1 is 1.28 bits per heavy atom. The summed E-state index contributed by atoms with van der Waals surface area (Å²) in [5.41, 5.74) is 0.812. The third-order valence-corrected chi connectivity index (χ3v) is 2.62. The molecule has 0 atom stereocenters. The van der Waals surface area contributed by atoms with Gasteiger partial charge in [0.1, 0.15) is 24.7 Å². The van der Waals surface area contributed by atoms with Crippen LogP contribution in [0.15, 0.2) is 24.4 Å². The van der Waals surface area contributed by atoms with Gasteiger partial charge in [-0.1, -0.05) is 0 Å². The van der Waals surface area contributed by atoms with Crippen LogP contribution in [0.2, 0.25) is 0 Å². The molecule has 18 heavy (non-hydrogen) atoms. The summed E-state index contributed by atoms with van der Waals surface area (Å²) in [5, 5.41) is 8.82. The number of imidazole rings is 1. The van der Waals surface area contributed by atoms with Crippen LogP contribution in [-0.2, 0) is 0 Å². The molecule has 6 nitrogen and oxygen atoms in total. The van der Waals surface area contributed by atoms with Crippen molar-refractivity contribution in [1.82, 2.24) is 9.97 Å². The normalized spacial score (nSPS) is 13.3. The molecule has 2 N–H and O–H groups in total. The first-order chi connectivity index (χ1) is 8.74. The third kappa shape index (κ3) is 1.77. The fourth-order valence-corrected chi connectivity index (χ4v) is 1.77. The number of carbonyl (C=O) groups is 1. The van der Waals surface area contributed by atoms with Gasteiger partial charge in [0, 0.05) is 5.56 Å². The highest BCUT2D eigenvalue weighted by molar-refractivity contribution is 5.85. The summed E-state index contributed by atoms with van der Waals surface area (Å²) in [7, 11) is 0. The largest absolute Gasteiger partial charge is 0.486 e. The van der Waals surface area contributed by atoms with Gasteiger partial charge in [-0.3, -0.25) is 0 Å². The number of hydrogen-bond donors (Lipinski definition) is 2. The lowest BCUT2D eigenvalue weighted by molar-refractivity contribution is 0.0691. The van der Waals surface area contributed by atoms with E-state index in [0.29, 0.717) is 30.5 Å². The van der Waals surface area contributed by atoms with Crippen LogP contribution in [0, 0.1) is 0 Å². The number of nitrogens with zero attached hydrogens (tertiary/aromatic N) is 1. The molecule has 0 saturated carbocycles. The average molecular weight is 246 g/mol. The van der Waals surface area contributed by atoms with Crippen LogP contribution in [0.5, 0.6) is 11.5 Å². The minimum Gasteiger partial charge on any atom is -0.486 e. The van der Waals surface area contributed by atoms with Crippen molar-refractivity contribution in [2.24, 2.45) is 0 Å². The molecule has 2 aromatic rings. The Labute approximate surface area is 102 Å². The lowest BCUT2D eigenvalue weighted by Gasteiger charge is -2.18. The van der Waals surface area contributed by atoms with Crippen LogP contribution in [0.25, 0.3) is 11.4 Å². The Balaban J connectivity index is 1.98. The molecule has 0 spiro atoms. The number of fused-ring (bicyclic) bond motifs is 1. The zero-order valence-corrected chi connectivity index (χ0v) is 9.34. The first-order valence-electron chi connectivity index (χ1n) is 5.42. The number of aromatic amines is 1.